The number of carbonyl (C=O) groups is 2. The van der Waals surface area contributed by atoms with Gasteiger partial charge >= 0.3 is 5.97 Å². The van der Waals surface area contributed by atoms with Crippen LogP contribution in [0.15, 0.2) is 24.3 Å². The maximum atomic E-state index is 12.7. The van der Waals surface area contributed by atoms with Crippen molar-refractivity contribution in [3.8, 4) is 0 Å². The summed E-state index contributed by atoms with van der Waals surface area (Å²) >= 11 is 0. The van der Waals surface area contributed by atoms with Crippen LogP contribution in [-0.4, -0.2) is 57.9 Å². The van der Waals surface area contributed by atoms with Crippen LogP contribution < -0.4 is 0 Å². The minimum Gasteiger partial charge on any atom is -0.481 e. The van der Waals surface area contributed by atoms with E-state index in [1.165, 1.54) is 0 Å². The number of carbonyl (C=O) groups excluding carboxylic acids is 1. The van der Waals surface area contributed by atoms with Crippen molar-refractivity contribution in [2.24, 2.45) is 0 Å². The van der Waals surface area contributed by atoms with E-state index < -0.39 is 12.0 Å². The number of aliphatic carboxylic acids is 1. The fraction of sp³-hybridized carbons (Fsp3) is 0.357. The Balaban J connectivity index is 1.90. The molecule has 3 rings (SSSR count). The summed E-state index contributed by atoms with van der Waals surface area (Å²) in [6, 6.07) is 6.89. The number of hydrogen-bond acceptors (Lipinski definition) is 4. The van der Waals surface area contributed by atoms with Crippen molar-refractivity contribution in [2.75, 3.05) is 19.8 Å². The summed E-state index contributed by atoms with van der Waals surface area (Å²) < 4.78 is 5.28. The molecular formula is C14H15N3O4. The number of aromatic nitrogens is 2. The summed E-state index contributed by atoms with van der Waals surface area (Å²) in [4.78, 5) is 25.1. The summed E-state index contributed by atoms with van der Waals surface area (Å²) in [7, 11) is 0. The fourth-order valence-electron chi connectivity index (χ4n) is 2.56. The molecule has 7 heteroatoms. The summed E-state index contributed by atoms with van der Waals surface area (Å²) in [6.07, 6.45) is -0.131. The topological polar surface area (TPSA) is 95.5 Å². The van der Waals surface area contributed by atoms with Crippen LogP contribution in [0.1, 0.15) is 16.9 Å². The Morgan fingerprint density at radius 1 is 1.43 bits per heavy atom. The van der Waals surface area contributed by atoms with Crippen molar-refractivity contribution in [1.29, 1.82) is 0 Å². The Labute approximate surface area is 120 Å². The number of ether oxygens (including phenoxy) is 1. The third-order valence-corrected chi connectivity index (χ3v) is 3.57. The Bertz CT molecular complexity index is 682. The zero-order valence-corrected chi connectivity index (χ0v) is 11.3. The number of carboxylic acids is 1. The SMILES string of the molecule is O=C(O)CC1COCCN1C(=O)c1n[nH]c2ccccc12. The van der Waals surface area contributed by atoms with E-state index >= 15 is 0 Å². The highest BCUT2D eigenvalue weighted by Gasteiger charge is 2.31. The number of morpholine rings is 1. The van der Waals surface area contributed by atoms with Crippen LogP contribution in [0.2, 0.25) is 0 Å². The molecule has 1 fully saturated rings. The number of benzene rings is 1. The van der Waals surface area contributed by atoms with Gasteiger partial charge in [0, 0.05) is 11.9 Å². The second kappa shape index (κ2) is 5.53. The molecule has 0 saturated carbocycles. The van der Waals surface area contributed by atoms with Gasteiger partial charge in [0.1, 0.15) is 0 Å². The van der Waals surface area contributed by atoms with E-state index in [1.54, 1.807) is 4.90 Å². The fourth-order valence-corrected chi connectivity index (χ4v) is 2.56. The van der Waals surface area contributed by atoms with E-state index in [4.69, 9.17) is 9.84 Å². The molecule has 1 amide bonds. The van der Waals surface area contributed by atoms with Crippen molar-refractivity contribution >= 4 is 22.8 Å². The van der Waals surface area contributed by atoms with E-state index in [0.29, 0.717) is 18.8 Å². The number of H-pyrrole nitrogens is 1. The van der Waals surface area contributed by atoms with E-state index in [-0.39, 0.29) is 18.9 Å². The van der Waals surface area contributed by atoms with Gasteiger partial charge in [-0.15, -0.1) is 0 Å². The predicted molar refractivity (Wildman–Crippen MR) is 74.0 cm³/mol. The second-order valence-electron chi connectivity index (χ2n) is 4.94. The van der Waals surface area contributed by atoms with Gasteiger partial charge in [0.2, 0.25) is 0 Å². The summed E-state index contributed by atoms with van der Waals surface area (Å²) in [5.41, 5.74) is 1.10. The van der Waals surface area contributed by atoms with Gasteiger partial charge in [-0.25, -0.2) is 0 Å². The largest absolute Gasteiger partial charge is 0.481 e. The average molecular weight is 289 g/mol. The van der Waals surface area contributed by atoms with Gasteiger partial charge in [-0.2, -0.15) is 5.10 Å². The Hall–Kier alpha value is -2.41. The molecule has 1 aromatic carbocycles. The quantitative estimate of drug-likeness (QED) is 0.874. The lowest BCUT2D eigenvalue weighted by atomic mass is 10.1. The lowest BCUT2D eigenvalue weighted by molar-refractivity contribution is -0.139. The third kappa shape index (κ3) is 2.59. The molecule has 1 aliphatic rings. The summed E-state index contributed by atoms with van der Waals surface area (Å²) in [5, 5.41) is 16.6. The zero-order chi connectivity index (χ0) is 14.8. The summed E-state index contributed by atoms with van der Waals surface area (Å²) in [5.74, 6) is -1.21. The molecule has 0 spiro atoms. The maximum absolute atomic E-state index is 12.7. The molecule has 2 heterocycles. The minimum atomic E-state index is -0.949. The lowest BCUT2D eigenvalue weighted by Crippen LogP contribution is -2.49. The first-order valence-electron chi connectivity index (χ1n) is 6.70. The van der Waals surface area contributed by atoms with Gasteiger partial charge in [-0.1, -0.05) is 18.2 Å². The molecule has 0 radical (unpaired) electrons. The first-order chi connectivity index (χ1) is 10.2. The standard InChI is InChI=1S/C14H15N3O4/c18-12(19)7-9-8-21-6-5-17(9)14(20)13-10-3-1-2-4-11(10)15-16-13/h1-4,9H,5-8H2,(H,15,16)(H,18,19). The average Bonchev–Trinajstić information content (AvgIpc) is 2.90. The maximum Gasteiger partial charge on any atom is 0.305 e. The second-order valence-corrected chi connectivity index (χ2v) is 4.94. The van der Waals surface area contributed by atoms with Crippen LogP contribution in [-0.2, 0) is 9.53 Å². The number of nitrogens with zero attached hydrogens (tertiary/aromatic N) is 2. The number of para-hydroxylation sites is 1. The van der Waals surface area contributed by atoms with Crippen LogP contribution in [0.3, 0.4) is 0 Å². The molecular weight excluding hydrogens is 274 g/mol. The number of aromatic amines is 1. The van der Waals surface area contributed by atoms with E-state index in [1.807, 2.05) is 24.3 Å². The molecule has 2 aromatic rings. The first kappa shape index (κ1) is 13.6. The van der Waals surface area contributed by atoms with E-state index in [9.17, 15) is 9.59 Å². The van der Waals surface area contributed by atoms with E-state index in [0.717, 1.165) is 10.9 Å². The molecule has 1 atom stereocenters. The molecule has 7 nitrogen and oxygen atoms in total. The van der Waals surface area contributed by atoms with E-state index in [2.05, 4.69) is 10.2 Å². The third-order valence-electron chi connectivity index (χ3n) is 3.57. The van der Waals surface area contributed by atoms with Gasteiger partial charge in [-0.3, -0.25) is 14.7 Å². The van der Waals surface area contributed by atoms with Crippen molar-refractivity contribution < 1.29 is 19.4 Å². The molecule has 1 unspecified atom stereocenters. The number of carboxylic acid groups (broad SMARTS) is 1. The van der Waals surface area contributed by atoms with Gasteiger partial charge < -0.3 is 14.7 Å². The molecule has 2 N–H and O–H groups in total. The normalized spacial score (nSPS) is 18.9. The van der Waals surface area contributed by atoms with Crippen LogP contribution in [0, 0.1) is 0 Å². The van der Waals surface area contributed by atoms with Crippen molar-refractivity contribution in [2.45, 2.75) is 12.5 Å². The Morgan fingerprint density at radius 2 is 2.24 bits per heavy atom. The highest BCUT2D eigenvalue weighted by Crippen LogP contribution is 2.20. The molecule has 0 bridgehead atoms. The molecule has 1 aromatic heterocycles. The number of hydrogen-bond donors (Lipinski definition) is 2. The summed E-state index contributed by atoms with van der Waals surface area (Å²) in [6.45, 7) is 1.02. The minimum absolute atomic E-state index is 0.131. The monoisotopic (exact) mass is 289 g/mol. The van der Waals surface area contributed by atoms with Crippen LogP contribution in [0.4, 0.5) is 0 Å². The van der Waals surface area contributed by atoms with Crippen LogP contribution in [0.5, 0.6) is 0 Å². The van der Waals surface area contributed by atoms with Crippen molar-refractivity contribution in [3.05, 3.63) is 30.0 Å². The van der Waals surface area contributed by atoms with Crippen molar-refractivity contribution in [1.82, 2.24) is 15.1 Å². The lowest BCUT2D eigenvalue weighted by Gasteiger charge is -2.34. The van der Waals surface area contributed by atoms with Gasteiger partial charge in [0.05, 0.1) is 31.2 Å². The number of nitrogens with one attached hydrogen (secondary N) is 1. The highest BCUT2D eigenvalue weighted by molar-refractivity contribution is 6.04. The zero-order valence-electron chi connectivity index (χ0n) is 11.3. The Morgan fingerprint density at radius 3 is 3.05 bits per heavy atom. The molecule has 110 valence electrons. The number of fused-ring (bicyclic) bond motifs is 1. The highest BCUT2D eigenvalue weighted by atomic mass is 16.5. The van der Waals surface area contributed by atoms with Gasteiger partial charge in [0.15, 0.2) is 5.69 Å². The molecule has 0 aliphatic carbocycles. The Kier molecular flexibility index (Phi) is 3.57. The van der Waals surface area contributed by atoms with Gasteiger partial charge in [0.25, 0.3) is 5.91 Å². The molecule has 21 heavy (non-hydrogen) atoms. The first-order valence-corrected chi connectivity index (χ1v) is 6.70. The smallest absolute Gasteiger partial charge is 0.305 e. The number of amides is 1. The molecule has 1 aliphatic heterocycles. The molecule has 1 saturated heterocycles. The van der Waals surface area contributed by atoms with Crippen LogP contribution >= 0.6 is 0 Å². The van der Waals surface area contributed by atoms with Crippen LogP contribution in [0.25, 0.3) is 10.9 Å². The van der Waals surface area contributed by atoms with Gasteiger partial charge in [-0.05, 0) is 6.07 Å². The van der Waals surface area contributed by atoms with Crippen molar-refractivity contribution in [3.63, 3.8) is 0 Å². The number of rotatable bonds is 3. The predicted octanol–water partition coefficient (Wildman–Crippen LogP) is 0.879.